The van der Waals surface area contributed by atoms with E-state index in [-0.39, 0.29) is 5.91 Å². The first kappa shape index (κ1) is 13.8. The van der Waals surface area contributed by atoms with Crippen LogP contribution in [0.25, 0.3) is 0 Å². The monoisotopic (exact) mass is 236 g/mol. The molecule has 1 heterocycles. The van der Waals surface area contributed by atoms with Gasteiger partial charge in [-0.25, -0.2) is 0 Å². The molecule has 3 nitrogen and oxygen atoms in total. The van der Waals surface area contributed by atoms with Gasteiger partial charge in [0.1, 0.15) is 5.82 Å². The molecule has 1 amide bonds. The van der Waals surface area contributed by atoms with E-state index < -0.39 is 0 Å². The molecule has 0 aromatic heterocycles. The van der Waals surface area contributed by atoms with Gasteiger partial charge in [0.15, 0.2) is 0 Å². The van der Waals surface area contributed by atoms with Crippen LogP contribution in [0.5, 0.6) is 0 Å². The van der Waals surface area contributed by atoms with E-state index in [1.165, 1.54) is 0 Å². The summed E-state index contributed by atoms with van der Waals surface area (Å²) in [5.41, 5.74) is 0.932. The number of rotatable bonds is 5. The van der Waals surface area contributed by atoms with Crippen LogP contribution in [0.15, 0.2) is 23.7 Å². The lowest BCUT2D eigenvalue weighted by Gasteiger charge is -2.29. The highest BCUT2D eigenvalue weighted by molar-refractivity contribution is 5.95. The number of amides is 1. The zero-order valence-corrected chi connectivity index (χ0v) is 11.4. The zero-order chi connectivity index (χ0) is 12.8. The minimum Gasteiger partial charge on any atom is -0.337 e. The Morgan fingerprint density at radius 2 is 1.94 bits per heavy atom. The lowest BCUT2D eigenvalue weighted by molar-refractivity contribution is -0.118. The number of nitrogens with one attached hydrogen (secondary N) is 1. The summed E-state index contributed by atoms with van der Waals surface area (Å²) in [6, 6.07) is 0. The molecule has 0 aromatic rings. The third-order valence-corrected chi connectivity index (χ3v) is 3.20. The van der Waals surface area contributed by atoms with Gasteiger partial charge in [0.2, 0.25) is 0 Å². The Labute approximate surface area is 105 Å². The quantitative estimate of drug-likeness (QED) is 0.796. The number of hydrogen-bond acceptors (Lipinski definition) is 2. The Bertz CT molecular complexity index is 325. The molecule has 3 heteroatoms. The number of carbonyl (C=O) groups is 1. The van der Waals surface area contributed by atoms with Gasteiger partial charge in [0.25, 0.3) is 5.91 Å². The summed E-state index contributed by atoms with van der Waals surface area (Å²) in [7, 11) is 1.98. The highest BCUT2D eigenvalue weighted by Gasteiger charge is 2.25. The summed E-state index contributed by atoms with van der Waals surface area (Å²) >= 11 is 0. The van der Waals surface area contributed by atoms with Gasteiger partial charge in [-0.05, 0) is 31.8 Å². The van der Waals surface area contributed by atoms with Crippen molar-refractivity contribution in [2.45, 2.75) is 46.5 Å². The maximum Gasteiger partial charge on any atom is 0.254 e. The molecular formula is C14H24N2O. The summed E-state index contributed by atoms with van der Waals surface area (Å²) in [5, 5.41) is 2.94. The third kappa shape index (κ3) is 3.35. The number of nitrogens with zero attached hydrogens (tertiary/aromatic N) is 1. The Balaban J connectivity index is 2.90. The standard InChI is InChI=1S/C14H24N2O/c1-5-8-11(9-6-2)12-10-16(4)13(7-3)15-14(12)17/h7,10-11H,5-6,8-9H2,1-4H3,(H,15,17)/b13-7-. The fourth-order valence-corrected chi connectivity index (χ4v) is 2.33. The van der Waals surface area contributed by atoms with Gasteiger partial charge < -0.3 is 10.2 Å². The molecule has 0 unspecified atom stereocenters. The van der Waals surface area contributed by atoms with Crippen LogP contribution in [0.1, 0.15) is 46.5 Å². The number of hydrogen-bond donors (Lipinski definition) is 1. The topological polar surface area (TPSA) is 32.3 Å². The number of allylic oxidation sites excluding steroid dienone is 1. The summed E-state index contributed by atoms with van der Waals surface area (Å²) in [5.74, 6) is 1.33. The van der Waals surface area contributed by atoms with Gasteiger partial charge in [-0.3, -0.25) is 4.79 Å². The summed E-state index contributed by atoms with van der Waals surface area (Å²) in [6.45, 7) is 6.27. The lowest BCUT2D eigenvalue weighted by Crippen LogP contribution is -2.38. The number of carbonyl (C=O) groups excluding carboxylic acids is 1. The van der Waals surface area contributed by atoms with Crippen LogP contribution in [-0.2, 0) is 4.79 Å². The van der Waals surface area contributed by atoms with Crippen molar-refractivity contribution in [2.24, 2.45) is 5.92 Å². The second-order valence-corrected chi connectivity index (χ2v) is 4.60. The van der Waals surface area contributed by atoms with E-state index in [0.29, 0.717) is 5.92 Å². The Morgan fingerprint density at radius 3 is 2.41 bits per heavy atom. The first-order chi connectivity index (χ1) is 8.13. The smallest absolute Gasteiger partial charge is 0.254 e. The molecule has 0 fully saturated rings. The van der Waals surface area contributed by atoms with Gasteiger partial charge in [-0.15, -0.1) is 0 Å². The van der Waals surface area contributed by atoms with E-state index in [1.807, 2.05) is 31.1 Å². The van der Waals surface area contributed by atoms with E-state index in [2.05, 4.69) is 19.2 Å². The van der Waals surface area contributed by atoms with Crippen LogP contribution in [0.2, 0.25) is 0 Å². The summed E-state index contributed by atoms with van der Waals surface area (Å²) in [6.07, 6.45) is 8.33. The van der Waals surface area contributed by atoms with E-state index in [9.17, 15) is 4.79 Å². The van der Waals surface area contributed by atoms with Crippen LogP contribution in [0.3, 0.4) is 0 Å². The van der Waals surface area contributed by atoms with Crippen LogP contribution >= 0.6 is 0 Å². The van der Waals surface area contributed by atoms with Crippen molar-refractivity contribution < 1.29 is 4.79 Å². The molecule has 1 aliphatic heterocycles. The van der Waals surface area contributed by atoms with Crippen molar-refractivity contribution in [1.82, 2.24) is 10.2 Å². The largest absolute Gasteiger partial charge is 0.337 e. The lowest BCUT2D eigenvalue weighted by atomic mass is 9.89. The van der Waals surface area contributed by atoms with Crippen molar-refractivity contribution >= 4 is 5.91 Å². The molecule has 0 spiro atoms. The fraction of sp³-hybridized carbons (Fsp3) is 0.643. The van der Waals surface area contributed by atoms with Crippen molar-refractivity contribution in [2.75, 3.05) is 7.05 Å². The highest BCUT2D eigenvalue weighted by atomic mass is 16.2. The van der Waals surface area contributed by atoms with Gasteiger partial charge in [-0.2, -0.15) is 0 Å². The molecule has 96 valence electrons. The van der Waals surface area contributed by atoms with E-state index in [1.54, 1.807) is 0 Å². The Kier molecular flexibility index (Phi) is 5.26. The van der Waals surface area contributed by atoms with Crippen molar-refractivity contribution in [3.63, 3.8) is 0 Å². The molecule has 0 atom stereocenters. The van der Waals surface area contributed by atoms with Gasteiger partial charge in [0.05, 0.1) is 0 Å². The maximum atomic E-state index is 12.1. The highest BCUT2D eigenvalue weighted by Crippen LogP contribution is 2.26. The van der Waals surface area contributed by atoms with Crippen LogP contribution in [-0.4, -0.2) is 17.9 Å². The molecule has 0 aliphatic carbocycles. The van der Waals surface area contributed by atoms with Crippen LogP contribution < -0.4 is 5.32 Å². The average Bonchev–Trinajstić information content (AvgIpc) is 2.31. The molecule has 17 heavy (non-hydrogen) atoms. The van der Waals surface area contributed by atoms with Gasteiger partial charge in [0, 0.05) is 18.8 Å². The minimum absolute atomic E-state index is 0.0723. The van der Waals surface area contributed by atoms with Crippen molar-refractivity contribution in [1.29, 1.82) is 0 Å². The van der Waals surface area contributed by atoms with Crippen LogP contribution in [0.4, 0.5) is 0 Å². The molecule has 0 saturated carbocycles. The molecule has 1 rings (SSSR count). The molecular weight excluding hydrogens is 212 g/mol. The molecule has 1 N–H and O–H groups in total. The first-order valence-electron chi connectivity index (χ1n) is 6.56. The Morgan fingerprint density at radius 1 is 1.35 bits per heavy atom. The predicted octanol–water partition coefficient (Wildman–Crippen LogP) is 3.01. The van der Waals surface area contributed by atoms with Crippen LogP contribution in [0, 0.1) is 5.92 Å². The van der Waals surface area contributed by atoms with E-state index in [0.717, 1.165) is 37.1 Å². The average molecular weight is 236 g/mol. The molecule has 0 bridgehead atoms. The van der Waals surface area contributed by atoms with Gasteiger partial charge in [-0.1, -0.05) is 26.7 Å². The van der Waals surface area contributed by atoms with Crippen molar-refractivity contribution in [3.05, 3.63) is 23.7 Å². The first-order valence-corrected chi connectivity index (χ1v) is 6.56. The Hall–Kier alpha value is -1.25. The molecule has 0 saturated heterocycles. The van der Waals surface area contributed by atoms with E-state index >= 15 is 0 Å². The van der Waals surface area contributed by atoms with Crippen molar-refractivity contribution in [3.8, 4) is 0 Å². The molecule has 0 radical (unpaired) electrons. The zero-order valence-electron chi connectivity index (χ0n) is 11.4. The summed E-state index contributed by atoms with van der Waals surface area (Å²) < 4.78 is 0. The molecule has 0 aromatic carbocycles. The molecule has 1 aliphatic rings. The summed E-state index contributed by atoms with van der Waals surface area (Å²) in [4.78, 5) is 14.0. The minimum atomic E-state index is 0.0723. The van der Waals surface area contributed by atoms with E-state index in [4.69, 9.17) is 0 Å². The second kappa shape index (κ2) is 6.48. The van der Waals surface area contributed by atoms with Gasteiger partial charge >= 0.3 is 0 Å². The predicted molar refractivity (Wildman–Crippen MR) is 71.1 cm³/mol. The SMILES string of the molecule is C/C=C1/NC(=O)C(C(CCC)CCC)=CN1C. The third-order valence-electron chi connectivity index (χ3n) is 3.20. The maximum absolute atomic E-state index is 12.1. The fourth-order valence-electron chi connectivity index (χ4n) is 2.33. The second-order valence-electron chi connectivity index (χ2n) is 4.60. The normalized spacial score (nSPS) is 18.6.